The summed E-state index contributed by atoms with van der Waals surface area (Å²) in [5, 5.41) is 16.0. The number of hydrogen-bond donors (Lipinski definition) is 2. The summed E-state index contributed by atoms with van der Waals surface area (Å²) in [4.78, 5) is 17.6. The molecule has 0 radical (unpaired) electrons. The molecule has 15 heteroatoms. The van der Waals surface area contributed by atoms with Crippen LogP contribution in [0.5, 0.6) is 0 Å². The molecule has 1 aliphatic rings. The second-order valence-electron chi connectivity index (χ2n) is 8.37. The molecule has 0 bridgehead atoms. The van der Waals surface area contributed by atoms with Crippen LogP contribution in [0.2, 0.25) is 0 Å². The number of alkyl halides is 5. The van der Waals surface area contributed by atoms with Crippen LogP contribution < -0.4 is 15.8 Å². The van der Waals surface area contributed by atoms with Gasteiger partial charge in [-0.05, 0) is 25.5 Å². The molecule has 0 aliphatic carbocycles. The maximum absolute atomic E-state index is 13.2. The molecule has 2 unspecified atom stereocenters. The van der Waals surface area contributed by atoms with Gasteiger partial charge in [-0.1, -0.05) is 5.21 Å². The minimum atomic E-state index is -4.83. The van der Waals surface area contributed by atoms with E-state index in [0.717, 1.165) is 12.6 Å². The average molecular weight is 514 g/mol. The molecule has 0 spiro atoms. The highest BCUT2D eigenvalue weighted by atomic mass is 19.4. The average Bonchev–Trinajstić information content (AvgIpc) is 3.48. The highest BCUT2D eigenvalue weighted by Gasteiger charge is 2.37. The lowest BCUT2D eigenvalue weighted by Gasteiger charge is -2.18. The predicted octanol–water partition coefficient (Wildman–Crippen LogP) is 3.18. The van der Waals surface area contributed by atoms with Crippen LogP contribution in [-0.2, 0) is 17.5 Å². The Balaban J connectivity index is 1.27. The number of nitrogens with one attached hydrogen (secondary N) is 2. The second-order valence-corrected chi connectivity index (χ2v) is 8.37. The Hall–Kier alpha value is -3.62. The van der Waals surface area contributed by atoms with Gasteiger partial charge in [0.15, 0.2) is 0 Å². The zero-order valence-electron chi connectivity index (χ0n) is 19.0. The van der Waals surface area contributed by atoms with E-state index in [1.807, 2.05) is 4.90 Å². The molecule has 0 saturated carbocycles. The molecule has 194 valence electrons. The number of halogens is 5. The van der Waals surface area contributed by atoms with Crippen molar-refractivity contribution in [2.75, 3.05) is 29.9 Å². The second kappa shape index (κ2) is 10.6. The minimum absolute atomic E-state index is 0.00729. The smallest absolute Gasteiger partial charge is 0.378 e. The van der Waals surface area contributed by atoms with E-state index in [1.54, 1.807) is 29.0 Å². The van der Waals surface area contributed by atoms with Crippen LogP contribution in [0.3, 0.4) is 0 Å². The monoisotopic (exact) mass is 514 g/mol. The molecule has 3 aromatic rings. The molecular formula is C21H23F5N8O2. The van der Waals surface area contributed by atoms with Crippen LogP contribution in [0.15, 0.2) is 35.5 Å². The van der Waals surface area contributed by atoms with Gasteiger partial charge >= 0.3 is 6.18 Å². The third-order valence-corrected chi connectivity index (χ3v) is 5.60. The van der Waals surface area contributed by atoms with Crippen molar-refractivity contribution in [1.29, 1.82) is 0 Å². The van der Waals surface area contributed by atoms with Crippen molar-refractivity contribution < 1.29 is 26.7 Å². The SMILES string of the molecule is CC(COCc1cn(C2CCN(c3ccc(C(F)F)cn3)C2)nn1)Nc1cn[nH]c(=O)c1C(F)(F)F. The van der Waals surface area contributed by atoms with Crippen molar-refractivity contribution >= 4 is 11.5 Å². The maximum Gasteiger partial charge on any atom is 0.423 e. The van der Waals surface area contributed by atoms with E-state index in [4.69, 9.17) is 4.74 Å². The van der Waals surface area contributed by atoms with Gasteiger partial charge in [-0.3, -0.25) is 4.79 Å². The number of hydrogen-bond acceptors (Lipinski definition) is 8. The standard InChI is InChI=1S/C21H23F5N8O2/c1-12(29-16-7-28-31-20(35)18(16)21(24,25)26)10-36-11-14-8-34(32-30-14)15-4-5-33(9-15)17-3-2-13(6-27-17)19(22)23/h2-3,6-8,12,15,19H,4-5,9-11H2,1H3,(H2,29,31,35). The van der Waals surface area contributed by atoms with Gasteiger partial charge in [0.05, 0.1) is 37.3 Å². The number of aromatic amines is 1. The number of ether oxygens (including phenoxy) is 1. The van der Waals surface area contributed by atoms with Gasteiger partial charge in [0.25, 0.3) is 12.0 Å². The summed E-state index contributed by atoms with van der Waals surface area (Å²) in [7, 11) is 0. The van der Waals surface area contributed by atoms with E-state index in [9.17, 15) is 26.7 Å². The largest absolute Gasteiger partial charge is 0.423 e. The fourth-order valence-electron chi connectivity index (χ4n) is 3.87. The molecule has 0 amide bonds. The normalized spacial score (nSPS) is 17.1. The summed E-state index contributed by atoms with van der Waals surface area (Å²) >= 11 is 0. The predicted molar refractivity (Wildman–Crippen MR) is 118 cm³/mol. The number of rotatable bonds is 9. The summed E-state index contributed by atoms with van der Waals surface area (Å²) < 4.78 is 72.2. The first-order valence-corrected chi connectivity index (χ1v) is 11.0. The number of H-pyrrole nitrogens is 1. The Morgan fingerprint density at radius 2 is 2.08 bits per heavy atom. The third kappa shape index (κ3) is 5.95. The molecule has 4 heterocycles. The van der Waals surface area contributed by atoms with Crippen molar-refractivity contribution in [3.8, 4) is 0 Å². The number of pyridine rings is 1. The van der Waals surface area contributed by atoms with E-state index in [0.29, 0.717) is 24.6 Å². The molecule has 2 atom stereocenters. The van der Waals surface area contributed by atoms with Crippen LogP contribution in [0.25, 0.3) is 0 Å². The summed E-state index contributed by atoms with van der Waals surface area (Å²) in [6.45, 7) is 2.98. The quantitative estimate of drug-likeness (QED) is 0.419. The van der Waals surface area contributed by atoms with Gasteiger partial charge in [-0.25, -0.2) is 23.5 Å². The van der Waals surface area contributed by atoms with E-state index in [1.165, 1.54) is 12.3 Å². The Bertz CT molecular complexity index is 1210. The molecule has 0 aromatic carbocycles. The van der Waals surface area contributed by atoms with Crippen molar-refractivity contribution in [3.63, 3.8) is 0 Å². The fourth-order valence-corrected chi connectivity index (χ4v) is 3.87. The van der Waals surface area contributed by atoms with Gasteiger partial charge in [-0.2, -0.15) is 18.3 Å². The lowest BCUT2D eigenvalue weighted by molar-refractivity contribution is -0.138. The zero-order valence-corrected chi connectivity index (χ0v) is 19.0. The fraction of sp³-hybridized carbons (Fsp3) is 0.476. The van der Waals surface area contributed by atoms with E-state index in [2.05, 4.69) is 25.7 Å². The number of aromatic nitrogens is 6. The van der Waals surface area contributed by atoms with Crippen molar-refractivity contribution in [2.45, 2.75) is 44.6 Å². The molecule has 1 saturated heterocycles. The minimum Gasteiger partial charge on any atom is -0.378 e. The lowest BCUT2D eigenvalue weighted by Crippen LogP contribution is -2.29. The topological polar surface area (TPSA) is 114 Å². The third-order valence-electron chi connectivity index (χ3n) is 5.60. The van der Waals surface area contributed by atoms with Gasteiger partial charge in [0.1, 0.15) is 17.1 Å². The van der Waals surface area contributed by atoms with Gasteiger partial charge < -0.3 is 15.0 Å². The summed E-state index contributed by atoms with van der Waals surface area (Å²) in [5.41, 5.74) is -2.71. The summed E-state index contributed by atoms with van der Waals surface area (Å²) in [6.07, 6.45) is -2.84. The first kappa shape index (κ1) is 25.5. The van der Waals surface area contributed by atoms with Crippen LogP contribution in [0.4, 0.5) is 33.5 Å². The first-order chi connectivity index (χ1) is 17.1. The molecule has 2 N–H and O–H groups in total. The van der Waals surface area contributed by atoms with Crippen LogP contribution in [0.1, 0.15) is 42.6 Å². The lowest BCUT2D eigenvalue weighted by atomic mass is 10.2. The Labute approximate surface area is 201 Å². The highest BCUT2D eigenvalue weighted by molar-refractivity contribution is 5.50. The van der Waals surface area contributed by atoms with Gasteiger partial charge in [0.2, 0.25) is 0 Å². The number of anilines is 2. The van der Waals surface area contributed by atoms with Crippen LogP contribution in [0, 0.1) is 0 Å². The Morgan fingerprint density at radius 1 is 1.28 bits per heavy atom. The van der Waals surface area contributed by atoms with E-state index < -0.39 is 35.5 Å². The molecule has 1 aliphatic heterocycles. The first-order valence-electron chi connectivity index (χ1n) is 11.0. The molecule has 1 fully saturated rings. The van der Waals surface area contributed by atoms with Crippen molar-refractivity contribution in [1.82, 2.24) is 30.2 Å². The van der Waals surface area contributed by atoms with Crippen molar-refractivity contribution in [3.05, 3.63) is 57.9 Å². The zero-order chi connectivity index (χ0) is 25.9. The molecular weight excluding hydrogens is 491 g/mol. The summed E-state index contributed by atoms with van der Waals surface area (Å²) in [5.74, 6) is 0.608. The Morgan fingerprint density at radius 3 is 2.78 bits per heavy atom. The molecule has 4 rings (SSSR count). The van der Waals surface area contributed by atoms with Crippen LogP contribution in [-0.4, -0.2) is 55.9 Å². The van der Waals surface area contributed by atoms with E-state index >= 15 is 0 Å². The molecule has 36 heavy (non-hydrogen) atoms. The van der Waals surface area contributed by atoms with Crippen LogP contribution >= 0.6 is 0 Å². The van der Waals surface area contributed by atoms with Gasteiger partial charge in [-0.15, -0.1) is 5.10 Å². The van der Waals surface area contributed by atoms with Gasteiger partial charge in [0, 0.05) is 30.9 Å². The number of nitrogens with zero attached hydrogens (tertiary/aromatic N) is 6. The molecule has 10 nitrogen and oxygen atoms in total. The maximum atomic E-state index is 13.2. The van der Waals surface area contributed by atoms with E-state index in [-0.39, 0.29) is 24.8 Å². The Kier molecular flexibility index (Phi) is 7.47. The summed E-state index contributed by atoms with van der Waals surface area (Å²) in [6, 6.07) is 2.38. The molecule has 3 aromatic heterocycles. The highest BCUT2D eigenvalue weighted by Crippen LogP contribution is 2.31. The van der Waals surface area contributed by atoms with Crippen molar-refractivity contribution in [2.24, 2.45) is 0 Å².